The predicted octanol–water partition coefficient (Wildman–Crippen LogP) is 4.41. The summed E-state index contributed by atoms with van der Waals surface area (Å²) in [6.45, 7) is 4.60. The number of nitrogens with one attached hydrogen (secondary N) is 1. The Morgan fingerprint density at radius 3 is 2.59 bits per heavy atom. The number of rotatable bonds is 8. The standard InChI is InChI=1S/C21H23N3O2S/c1-15-14-18(16(2)27-15)19(25)8-9-21(26)23-20-10-12-22-24(20)13-11-17-6-4-3-5-7-17/h3-7,10,12,14H,8-9,11,13H2,1-2H3,(H,23,26). The number of thiophene rings is 1. The first-order valence-electron chi connectivity index (χ1n) is 8.99. The van der Waals surface area contributed by atoms with Crippen LogP contribution in [0.25, 0.3) is 0 Å². The van der Waals surface area contributed by atoms with Gasteiger partial charge in [-0.25, -0.2) is 4.68 Å². The molecule has 0 saturated carbocycles. The van der Waals surface area contributed by atoms with Gasteiger partial charge in [0, 0.05) is 40.8 Å². The zero-order valence-corrected chi connectivity index (χ0v) is 16.4. The van der Waals surface area contributed by atoms with Gasteiger partial charge in [0.15, 0.2) is 5.78 Å². The number of benzene rings is 1. The lowest BCUT2D eigenvalue weighted by Crippen LogP contribution is -2.17. The van der Waals surface area contributed by atoms with Crippen molar-refractivity contribution in [3.63, 3.8) is 0 Å². The number of carbonyl (C=O) groups is 2. The maximum absolute atomic E-state index is 12.3. The van der Waals surface area contributed by atoms with Crippen molar-refractivity contribution in [2.45, 2.75) is 39.7 Å². The fraction of sp³-hybridized carbons (Fsp3) is 0.286. The van der Waals surface area contributed by atoms with Crippen LogP contribution in [-0.4, -0.2) is 21.5 Å². The molecule has 3 rings (SSSR count). The fourth-order valence-electron chi connectivity index (χ4n) is 2.97. The van der Waals surface area contributed by atoms with Crippen LogP contribution >= 0.6 is 11.3 Å². The molecule has 2 heterocycles. The number of hydrogen-bond acceptors (Lipinski definition) is 4. The summed E-state index contributed by atoms with van der Waals surface area (Å²) in [5.74, 6) is 0.505. The molecule has 0 aliphatic heterocycles. The molecule has 27 heavy (non-hydrogen) atoms. The molecule has 0 fully saturated rings. The van der Waals surface area contributed by atoms with Gasteiger partial charge in [0.05, 0.1) is 6.20 Å². The van der Waals surface area contributed by atoms with Crippen molar-refractivity contribution >= 4 is 28.8 Å². The van der Waals surface area contributed by atoms with E-state index < -0.39 is 0 Å². The number of aryl methyl sites for hydroxylation is 4. The molecule has 0 radical (unpaired) electrons. The summed E-state index contributed by atoms with van der Waals surface area (Å²) < 4.78 is 1.78. The first kappa shape index (κ1) is 19.0. The van der Waals surface area contributed by atoms with E-state index >= 15 is 0 Å². The topological polar surface area (TPSA) is 64.0 Å². The fourth-order valence-corrected chi connectivity index (χ4v) is 3.91. The highest BCUT2D eigenvalue weighted by atomic mass is 32.1. The van der Waals surface area contributed by atoms with Crippen LogP contribution in [0.5, 0.6) is 0 Å². The highest BCUT2D eigenvalue weighted by molar-refractivity contribution is 7.12. The van der Waals surface area contributed by atoms with Crippen LogP contribution in [0.1, 0.15) is 38.5 Å². The largest absolute Gasteiger partial charge is 0.311 e. The average molecular weight is 382 g/mol. The predicted molar refractivity (Wildman–Crippen MR) is 108 cm³/mol. The van der Waals surface area contributed by atoms with Crippen molar-refractivity contribution in [3.8, 4) is 0 Å². The summed E-state index contributed by atoms with van der Waals surface area (Å²) in [6, 6.07) is 13.8. The molecule has 6 heteroatoms. The summed E-state index contributed by atoms with van der Waals surface area (Å²) in [6.07, 6.45) is 2.88. The lowest BCUT2D eigenvalue weighted by atomic mass is 10.1. The molecule has 0 bridgehead atoms. The van der Waals surface area contributed by atoms with Gasteiger partial charge in [0.1, 0.15) is 5.82 Å². The van der Waals surface area contributed by atoms with Gasteiger partial charge >= 0.3 is 0 Å². The van der Waals surface area contributed by atoms with Crippen LogP contribution in [-0.2, 0) is 17.8 Å². The summed E-state index contributed by atoms with van der Waals surface area (Å²) >= 11 is 1.61. The molecule has 0 saturated heterocycles. The van der Waals surface area contributed by atoms with Crippen molar-refractivity contribution in [2.75, 3.05) is 5.32 Å². The summed E-state index contributed by atoms with van der Waals surface area (Å²) in [5, 5.41) is 7.14. The van der Waals surface area contributed by atoms with E-state index in [0.717, 1.165) is 21.7 Å². The number of hydrogen-bond donors (Lipinski definition) is 1. The van der Waals surface area contributed by atoms with E-state index in [1.807, 2.05) is 38.1 Å². The molecule has 1 aromatic carbocycles. The Morgan fingerprint density at radius 1 is 1.11 bits per heavy atom. The molecule has 0 aliphatic rings. The van der Waals surface area contributed by atoms with Gasteiger partial charge in [-0.1, -0.05) is 30.3 Å². The summed E-state index contributed by atoms with van der Waals surface area (Å²) in [5.41, 5.74) is 1.95. The lowest BCUT2D eigenvalue weighted by molar-refractivity contribution is -0.116. The smallest absolute Gasteiger partial charge is 0.225 e. The van der Waals surface area contributed by atoms with Crippen molar-refractivity contribution in [3.05, 3.63) is 69.5 Å². The van der Waals surface area contributed by atoms with Crippen molar-refractivity contribution in [2.24, 2.45) is 0 Å². The molecule has 1 N–H and O–H groups in total. The monoisotopic (exact) mass is 381 g/mol. The van der Waals surface area contributed by atoms with Gasteiger partial charge in [0.25, 0.3) is 0 Å². The quantitative estimate of drug-likeness (QED) is 0.588. The zero-order valence-electron chi connectivity index (χ0n) is 15.6. The number of amides is 1. The number of anilines is 1. The number of ketones is 1. The molecule has 2 aromatic heterocycles. The van der Waals surface area contributed by atoms with Gasteiger partial charge in [-0.3, -0.25) is 9.59 Å². The maximum Gasteiger partial charge on any atom is 0.225 e. The summed E-state index contributed by atoms with van der Waals surface area (Å²) in [4.78, 5) is 26.7. The van der Waals surface area contributed by atoms with E-state index in [-0.39, 0.29) is 24.5 Å². The van der Waals surface area contributed by atoms with Gasteiger partial charge in [-0.2, -0.15) is 5.10 Å². The maximum atomic E-state index is 12.3. The SMILES string of the molecule is Cc1cc(C(=O)CCC(=O)Nc2ccnn2CCc2ccccc2)c(C)s1. The number of nitrogens with zero attached hydrogens (tertiary/aromatic N) is 2. The van der Waals surface area contributed by atoms with Crippen LogP contribution in [0.15, 0.2) is 48.7 Å². The van der Waals surface area contributed by atoms with E-state index in [1.165, 1.54) is 5.56 Å². The van der Waals surface area contributed by atoms with Crippen molar-refractivity contribution < 1.29 is 9.59 Å². The van der Waals surface area contributed by atoms with Crippen molar-refractivity contribution in [1.29, 1.82) is 0 Å². The molecular weight excluding hydrogens is 358 g/mol. The Bertz CT molecular complexity index is 928. The molecule has 3 aromatic rings. The zero-order chi connectivity index (χ0) is 19.2. The second-order valence-electron chi connectivity index (χ2n) is 6.47. The lowest BCUT2D eigenvalue weighted by Gasteiger charge is -2.09. The molecular formula is C21H23N3O2S. The Balaban J connectivity index is 1.52. The van der Waals surface area contributed by atoms with Crippen LogP contribution in [0.3, 0.4) is 0 Å². The first-order chi connectivity index (χ1) is 13.0. The average Bonchev–Trinajstić information content (AvgIpc) is 3.24. The Hall–Kier alpha value is -2.73. The molecule has 0 spiro atoms. The molecule has 1 amide bonds. The Kier molecular flexibility index (Phi) is 6.19. The van der Waals surface area contributed by atoms with Crippen LogP contribution < -0.4 is 5.32 Å². The number of aromatic nitrogens is 2. The Labute approximate surface area is 163 Å². The van der Waals surface area contributed by atoms with Crippen LogP contribution in [0, 0.1) is 13.8 Å². The highest BCUT2D eigenvalue weighted by Crippen LogP contribution is 2.22. The normalized spacial score (nSPS) is 10.7. The van der Waals surface area contributed by atoms with Gasteiger partial charge in [0.2, 0.25) is 5.91 Å². The van der Waals surface area contributed by atoms with E-state index in [9.17, 15) is 9.59 Å². The van der Waals surface area contributed by atoms with Crippen molar-refractivity contribution in [1.82, 2.24) is 9.78 Å². The summed E-state index contributed by atoms with van der Waals surface area (Å²) in [7, 11) is 0. The molecule has 0 aliphatic carbocycles. The van der Waals surface area contributed by atoms with E-state index in [4.69, 9.17) is 0 Å². The van der Waals surface area contributed by atoms with Gasteiger partial charge < -0.3 is 5.32 Å². The van der Waals surface area contributed by atoms with E-state index in [0.29, 0.717) is 12.4 Å². The second-order valence-corrected chi connectivity index (χ2v) is 7.93. The molecule has 0 unspecified atom stereocenters. The Morgan fingerprint density at radius 2 is 1.89 bits per heavy atom. The minimum Gasteiger partial charge on any atom is -0.311 e. The van der Waals surface area contributed by atoms with Gasteiger partial charge in [-0.15, -0.1) is 11.3 Å². The number of carbonyl (C=O) groups excluding carboxylic acids is 2. The third-order valence-electron chi connectivity index (χ3n) is 4.36. The van der Waals surface area contributed by atoms with E-state index in [1.54, 1.807) is 28.3 Å². The molecule has 140 valence electrons. The second kappa shape index (κ2) is 8.77. The minimum absolute atomic E-state index is 0.0181. The number of Topliss-reactive ketones (excluding diaryl/α,β-unsaturated/α-hetero) is 1. The third kappa shape index (κ3) is 5.14. The van der Waals surface area contributed by atoms with Crippen LogP contribution in [0.4, 0.5) is 5.82 Å². The third-order valence-corrected chi connectivity index (χ3v) is 5.33. The van der Waals surface area contributed by atoms with Gasteiger partial charge in [-0.05, 0) is 31.9 Å². The highest BCUT2D eigenvalue weighted by Gasteiger charge is 2.14. The molecule has 0 atom stereocenters. The van der Waals surface area contributed by atoms with E-state index in [2.05, 4.69) is 22.5 Å². The minimum atomic E-state index is -0.172. The molecule has 5 nitrogen and oxygen atoms in total. The first-order valence-corrected chi connectivity index (χ1v) is 9.80. The van der Waals surface area contributed by atoms with Crippen LogP contribution in [0.2, 0.25) is 0 Å².